The molecule has 1 N–H and O–H groups in total. The fourth-order valence-corrected chi connectivity index (χ4v) is 2.83. The number of thiazole rings is 1. The number of aryl methyl sites for hydroxylation is 3. The molecule has 3 heterocycles. The molecule has 6 nitrogen and oxygen atoms in total. The zero-order valence-corrected chi connectivity index (χ0v) is 13.3. The maximum atomic E-state index is 12.3. The van der Waals surface area contributed by atoms with Crippen LogP contribution in [0.4, 0.5) is 5.69 Å². The number of carbonyl (C=O) groups is 1. The highest BCUT2D eigenvalue weighted by molar-refractivity contribution is 7.17. The van der Waals surface area contributed by atoms with E-state index in [2.05, 4.69) is 20.4 Å². The lowest BCUT2D eigenvalue weighted by atomic mass is 10.2. The number of nitrogens with one attached hydrogen (secondary N) is 1. The van der Waals surface area contributed by atoms with Crippen molar-refractivity contribution >= 4 is 22.9 Å². The number of nitrogens with zero attached hydrogens (tertiary/aromatic N) is 4. The first-order chi connectivity index (χ1) is 10.5. The van der Waals surface area contributed by atoms with Crippen molar-refractivity contribution in [3.8, 4) is 10.6 Å². The third-order valence-electron chi connectivity index (χ3n) is 3.15. The van der Waals surface area contributed by atoms with Crippen molar-refractivity contribution < 1.29 is 4.79 Å². The Morgan fingerprint density at radius 2 is 2.09 bits per heavy atom. The molecule has 0 fully saturated rings. The van der Waals surface area contributed by atoms with Crippen LogP contribution in [0.15, 0.2) is 30.7 Å². The van der Waals surface area contributed by atoms with Gasteiger partial charge in [-0.1, -0.05) is 0 Å². The van der Waals surface area contributed by atoms with E-state index in [9.17, 15) is 4.79 Å². The summed E-state index contributed by atoms with van der Waals surface area (Å²) in [7, 11) is 1.85. The molecule has 0 aliphatic carbocycles. The van der Waals surface area contributed by atoms with Gasteiger partial charge in [0.05, 0.1) is 23.8 Å². The number of hydrogen-bond donors (Lipinski definition) is 1. The molecular formula is C15H15N5OS. The van der Waals surface area contributed by atoms with Gasteiger partial charge in [0, 0.05) is 24.5 Å². The molecule has 0 spiro atoms. The summed E-state index contributed by atoms with van der Waals surface area (Å²) in [4.78, 5) is 21.5. The highest BCUT2D eigenvalue weighted by Crippen LogP contribution is 2.25. The number of anilines is 1. The largest absolute Gasteiger partial charge is 0.320 e. The first-order valence-electron chi connectivity index (χ1n) is 6.73. The lowest BCUT2D eigenvalue weighted by molar-refractivity contribution is 0.103. The van der Waals surface area contributed by atoms with Gasteiger partial charge in [0.2, 0.25) is 0 Å². The van der Waals surface area contributed by atoms with E-state index in [0.717, 1.165) is 22.0 Å². The van der Waals surface area contributed by atoms with Gasteiger partial charge in [-0.3, -0.25) is 14.5 Å². The molecule has 0 radical (unpaired) electrons. The molecule has 0 saturated heterocycles. The number of rotatable bonds is 3. The van der Waals surface area contributed by atoms with Crippen molar-refractivity contribution in [2.24, 2.45) is 7.05 Å². The lowest BCUT2D eigenvalue weighted by Gasteiger charge is -2.06. The van der Waals surface area contributed by atoms with Crippen LogP contribution in [0.1, 0.15) is 21.1 Å². The van der Waals surface area contributed by atoms with Crippen molar-refractivity contribution in [3.05, 3.63) is 47.0 Å². The predicted octanol–water partition coefficient (Wildman–Crippen LogP) is 2.81. The molecule has 0 saturated carbocycles. The Hall–Kier alpha value is -2.54. The van der Waals surface area contributed by atoms with Crippen LogP contribution in [0.2, 0.25) is 0 Å². The quantitative estimate of drug-likeness (QED) is 0.807. The Labute approximate surface area is 131 Å². The van der Waals surface area contributed by atoms with E-state index in [1.165, 1.54) is 11.3 Å². The monoisotopic (exact) mass is 313 g/mol. The molecular weight excluding hydrogens is 298 g/mol. The molecule has 0 aromatic carbocycles. The third kappa shape index (κ3) is 2.89. The van der Waals surface area contributed by atoms with E-state index < -0.39 is 0 Å². The number of hydrogen-bond acceptors (Lipinski definition) is 5. The zero-order chi connectivity index (χ0) is 15.7. The molecule has 0 aliphatic heterocycles. The van der Waals surface area contributed by atoms with E-state index in [4.69, 9.17) is 0 Å². The van der Waals surface area contributed by atoms with E-state index >= 15 is 0 Å². The van der Waals surface area contributed by atoms with Crippen LogP contribution >= 0.6 is 11.3 Å². The summed E-state index contributed by atoms with van der Waals surface area (Å²) in [5, 5.41) is 7.76. The summed E-state index contributed by atoms with van der Waals surface area (Å²) in [5.74, 6) is -0.179. The van der Waals surface area contributed by atoms with E-state index in [0.29, 0.717) is 10.6 Å². The third-order valence-corrected chi connectivity index (χ3v) is 4.20. The van der Waals surface area contributed by atoms with Gasteiger partial charge in [-0.15, -0.1) is 11.3 Å². The van der Waals surface area contributed by atoms with E-state index in [1.54, 1.807) is 17.1 Å². The van der Waals surface area contributed by atoms with Gasteiger partial charge in [0.25, 0.3) is 5.91 Å². The summed E-state index contributed by atoms with van der Waals surface area (Å²) in [6, 6.07) is 3.73. The highest BCUT2D eigenvalue weighted by atomic mass is 32.1. The average molecular weight is 313 g/mol. The standard InChI is InChI=1S/C15H15N5OS/c1-9-4-5-12(10(2)18-9)19-14(21)13-7-16-15(22-13)11-6-17-20(3)8-11/h4-8H,1-3H3,(H,19,21). The van der Waals surface area contributed by atoms with Gasteiger partial charge in [0.1, 0.15) is 9.88 Å². The van der Waals surface area contributed by atoms with Crippen molar-refractivity contribution in [2.75, 3.05) is 5.32 Å². The molecule has 22 heavy (non-hydrogen) atoms. The summed E-state index contributed by atoms with van der Waals surface area (Å²) < 4.78 is 1.71. The van der Waals surface area contributed by atoms with Crippen molar-refractivity contribution in [1.29, 1.82) is 0 Å². The van der Waals surface area contributed by atoms with Gasteiger partial charge < -0.3 is 5.32 Å². The van der Waals surface area contributed by atoms with Crippen LogP contribution in [0.25, 0.3) is 10.6 Å². The van der Waals surface area contributed by atoms with Gasteiger partial charge in [-0.25, -0.2) is 4.98 Å². The Bertz CT molecular complexity index is 836. The Kier molecular flexibility index (Phi) is 3.72. The smallest absolute Gasteiger partial charge is 0.267 e. The number of amides is 1. The van der Waals surface area contributed by atoms with Crippen molar-refractivity contribution in [3.63, 3.8) is 0 Å². The number of pyridine rings is 1. The lowest BCUT2D eigenvalue weighted by Crippen LogP contribution is -2.11. The van der Waals surface area contributed by atoms with E-state index in [1.807, 2.05) is 39.2 Å². The molecule has 0 aliphatic rings. The summed E-state index contributed by atoms with van der Waals surface area (Å²) >= 11 is 1.34. The second-order valence-electron chi connectivity index (χ2n) is 4.97. The Morgan fingerprint density at radius 3 is 2.77 bits per heavy atom. The van der Waals surface area contributed by atoms with Gasteiger partial charge in [0.15, 0.2) is 0 Å². The molecule has 0 atom stereocenters. The normalized spacial score (nSPS) is 10.7. The maximum absolute atomic E-state index is 12.3. The maximum Gasteiger partial charge on any atom is 0.267 e. The topological polar surface area (TPSA) is 72.7 Å². The van der Waals surface area contributed by atoms with Crippen LogP contribution in [-0.2, 0) is 7.05 Å². The highest BCUT2D eigenvalue weighted by Gasteiger charge is 2.14. The Morgan fingerprint density at radius 1 is 1.27 bits per heavy atom. The fourth-order valence-electron chi connectivity index (χ4n) is 2.05. The number of aromatic nitrogens is 4. The first kappa shape index (κ1) is 14.4. The summed E-state index contributed by atoms with van der Waals surface area (Å²) in [6.07, 6.45) is 5.18. The van der Waals surface area contributed by atoms with Crippen LogP contribution in [0, 0.1) is 13.8 Å². The fraction of sp³-hybridized carbons (Fsp3) is 0.200. The minimum absolute atomic E-state index is 0.179. The van der Waals surface area contributed by atoms with Crippen LogP contribution in [0.5, 0.6) is 0 Å². The van der Waals surface area contributed by atoms with Crippen LogP contribution in [0.3, 0.4) is 0 Å². The van der Waals surface area contributed by atoms with Gasteiger partial charge in [-0.05, 0) is 26.0 Å². The molecule has 0 unspecified atom stereocenters. The molecule has 112 valence electrons. The van der Waals surface area contributed by atoms with Crippen molar-refractivity contribution in [1.82, 2.24) is 19.7 Å². The average Bonchev–Trinajstić information content (AvgIpc) is 3.10. The molecule has 7 heteroatoms. The number of carbonyl (C=O) groups excluding carboxylic acids is 1. The SMILES string of the molecule is Cc1ccc(NC(=O)c2cnc(-c3cnn(C)c3)s2)c(C)n1. The summed E-state index contributed by atoms with van der Waals surface area (Å²) in [5.41, 5.74) is 3.34. The van der Waals surface area contributed by atoms with Crippen molar-refractivity contribution in [2.45, 2.75) is 13.8 Å². The van der Waals surface area contributed by atoms with Crippen LogP contribution < -0.4 is 5.32 Å². The molecule has 1 amide bonds. The summed E-state index contributed by atoms with van der Waals surface area (Å²) in [6.45, 7) is 3.79. The van der Waals surface area contributed by atoms with Crippen LogP contribution in [-0.4, -0.2) is 25.7 Å². The second kappa shape index (κ2) is 5.69. The first-order valence-corrected chi connectivity index (χ1v) is 7.55. The molecule has 3 rings (SSSR count). The second-order valence-corrected chi connectivity index (χ2v) is 6.00. The minimum Gasteiger partial charge on any atom is -0.320 e. The molecule has 0 bridgehead atoms. The van der Waals surface area contributed by atoms with Gasteiger partial charge in [-0.2, -0.15) is 5.10 Å². The Balaban J connectivity index is 1.79. The molecule has 3 aromatic rings. The molecule has 3 aromatic heterocycles. The zero-order valence-electron chi connectivity index (χ0n) is 12.5. The van der Waals surface area contributed by atoms with E-state index in [-0.39, 0.29) is 5.91 Å². The van der Waals surface area contributed by atoms with Gasteiger partial charge >= 0.3 is 0 Å². The minimum atomic E-state index is -0.179. The predicted molar refractivity (Wildman–Crippen MR) is 86.0 cm³/mol.